The molecule has 2 saturated heterocycles. The number of nitrogens with zero attached hydrogens (tertiary/aromatic N) is 2. The Morgan fingerprint density at radius 1 is 1.12 bits per heavy atom. The molecule has 4 heterocycles. The van der Waals surface area contributed by atoms with Crippen LogP contribution < -0.4 is 5.32 Å². The van der Waals surface area contributed by atoms with Gasteiger partial charge in [-0.1, -0.05) is 38.1 Å². The summed E-state index contributed by atoms with van der Waals surface area (Å²) in [5.41, 5.74) is 5.72. The molecule has 0 spiro atoms. The lowest BCUT2D eigenvalue weighted by Gasteiger charge is -2.37. The van der Waals surface area contributed by atoms with Gasteiger partial charge in [0, 0.05) is 25.4 Å². The molecule has 1 aromatic carbocycles. The third-order valence-corrected chi connectivity index (χ3v) is 8.72. The van der Waals surface area contributed by atoms with E-state index in [1.165, 1.54) is 28.2 Å². The highest BCUT2D eigenvalue weighted by Gasteiger charge is 2.40. The number of ether oxygens (including phenoxy) is 3. The van der Waals surface area contributed by atoms with Gasteiger partial charge >= 0.3 is 5.97 Å². The molecule has 7 nitrogen and oxygen atoms in total. The zero-order chi connectivity index (χ0) is 29.7. The van der Waals surface area contributed by atoms with Crippen LogP contribution >= 0.6 is 0 Å². The van der Waals surface area contributed by atoms with Crippen LogP contribution in [-0.4, -0.2) is 60.4 Å². The maximum Gasteiger partial charge on any atom is 0.320 e. The standard InChI is InChI=1S/C35H51N3O4/c1-34(2,3)42-32(39)23-38-21-18-31(40-22-9-8-11-25-15-16-28-29(37-25)14-10-20-36-28)33(38)27-13-7-6-12-26(27)30-17-19-35(4,5)24-41-30/h6-7,12-13,15-16,30-31,33,36H,8-11,14,17-24H2,1-5H3. The van der Waals surface area contributed by atoms with Gasteiger partial charge in [-0.25, -0.2) is 0 Å². The number of rotatable bonds is 10. The van der Waals surface area contributed by atoms with E-state index in [9.17, 15) is 4.79 Å². The topological polar surface area (TPSA) is 72.9 Å². The van der Waals surface area contributed by atoms with E-state index in [0.29, 0.717) is 6.61 Å². The van der Waals surface area contributed by atoms with Crippen molar-refractivity contribution in [3.8, 4) is 0 Å². The van der Waals surface area contributed by atoms with Crippen LogP contribution in [0.1, 0.15) is 108 Å². The van der Waals surface area contributed by atoms with Crippen molar-refractivity contribution in [2.75, 3.05) is 38.2 Å². The number of aryl methyl sites for hydroxylation is 2. The molecule has 0 amide bonds. The second-order valence-corrected chi connectivity index (χ2v) is 14.1. The van der Waals surface area contributed by atoms with Crippen LogP contribution in [-0.2, 0) is 31.8 Å². The van der Waals surface area contributed by atoms with Crippen molar-refractivity contribution in [3.05, 3.63) is 58.9 Å². The Morgan fingerprint density at radius 3 is 2.69 bits per heavy atom. The molecule has 2 fully saturated rings. The lowest BCUT2D eigenvalue weighted by atomic mass is 9.82. The highest BCUT2D eigenvalue weighted by molar-refractivity contribution is 5.72. The number of carbonyl (C=O) groups excluding carboxylic acids is 1. The van der Waals surface area contributed by atoms with E-state index >= 15 is 0 Å². The predicted octanol–water partition coefficient (Wildman–Crippen LogP) is 6.81. The van der Waals surface area contributed by atoms with Crippen LogP contribution in [0, 0.1) is 5.41 Å². The number of unbranched alkanes of at least 4 members (excludes halogenated alkanes) is 1. The molecular formula is C35H51N3O4. The Hall–Kier alpha value is -2.48. The summed E-state index contributed by atoms with van der Waals surface area (Å²) in [5.74, 6) is -0.186. The summed E-state index contributed by atoms with van der Waals surface area (Å²) in [5, 5.41) is 3.45. The van der Waals surface area contributed by atoms with Crippen molar-refractivity contribution in [2.24, 2.45) is 5.41 Å². The van der Waals surface area contributed by atoms with Crippen LogP contribution in [0.3, 0.4) is 0 Å². The fourth-order valence-electron chi connectivity index (χ4n) is 6.59. The van der Waals surface area contributed by atoms with Gasteiger partial charge in [0.2, 0.25) is 0 Å². The van der Waals surface area contributed by atoms with E-state index in [0.717, 1.165) is 71.1 Å². The quantitative estimate of drug-likeness (QED) is 0.246. The number of hydrogen-bond acceptors (Lipinski definition) is 7. The van der Waals surface area contributed by atoms with Gasteiger partial charge in [-0.3, -0.25) is 14.7 Å². The van der Waals surface area contributed by atoms with Crippen LogP contribution in [0.5, 0.6) is 0 Å². The maximum atomic E-state index is 12.9. The zero-order valence-electron chi connectivity index (χ0n) is 26.4. The summed E-state index contributed by atoms with van der Waals surface area (Å²) >= 11 is 0. The van der Waals surface area contributed by atoms with E-state index in [1.54, 1.807) is 0 Å². The number of aromatic nitrogens is 1. The summed E-state index contributed by atoms with van der Waals surface area (Å²) in [6.07, 6.45) is 8.31. The number of esters is 1. The minimum Gasteiger partial charge on any atom is -0.459 e. The highest BCUT2D eigenvalue weighted by Crippen LogP contribution is 2.43. The molecule has 3 unspecified atom stereocenters. The van der Waals surface area contributed by atoms with Crippen molar-refractivity contribution in [1.29, 1.82) is 0 Å². The van der Waals surface area contributed by atoms with E-state index in [-0.39, 0.29) is 36.2 Å². The van der Waals surface area contributed by atoms with Gasteiger partial charge in [-0.05, 0) is 101 Å². The normalized spacial score (nSPS) is 24.2. The molecule has 3 aliphatic heterocycles. The van der Waals surface area contributed by atoms with Crippen molar-refractivity contribution in [3.63, 3.8) is 0 Å². The van der Waals surface area contributed by atoms with Crippen molar-refractivity contribution < 1.29 is 19.0 Å². The minimum absolute atomic E-state index is 0.0120. The lowest BCUT2D eigenvalue weighted by molar-refractivity contribution is -0.156. The highest BCUT2D eigenvalue weighted by atomic mass is 16.6. The average Bonchev–Trinajstić information content (AvgIpc) is 3.33. The molecule has 3 atom stereocenters. The molecule has 0 saturated carbocycles. The first kappa shape index (κ1) is 31.0. The van der Waals surface area contributed by atoms with E-state index in [1.807, 2.05) is 20.8 Å². The number of likely N-dealkylation sites (tertiary alicyclic amines) is 1. The second kappa shape index (κ2) is 13.4. The molecule has 1 N–H and O–H groups in total. The molecule has 0 radical (unpaired) electrons. The smallest absolute Gasteiger partial charge is 0.320 e. The van der Waals surface area contributed by atoms with Crippen LogP contribution in [0.25, 0.3) is 0 Å². The third kappa shape index (κ3) is 8.12. The van der Waals surface area contributed by atoms with Crippen molar-refractivity contribution in [1.82, 2.24) is 9.88 Å². The van der Waals surface area contributed by atoms with Gasteiger partial charge < -0.3 is 19.5 Å². The third-order valence-electron chi connectivity index (χ3n) is 8.72. The second-order valence-electron chi connectivity index (χ2n) is 14.1. The van der Waals surface area contributed by atoms with Crippen LogP contribution in [0.2, 0.25) is 0 Å². The molecular weight excluding hydrogens is 526 g/mol. The number of carbonyl (C=O) groups is 1. The molecule has 1 aromatic heterocycles. The largest absolute Gasteiger partial charge is 0.459 e. The van der Waals surface area contributed by atoms with Crippen molar-refractivity contribution in [2.45, 2.75) is 110 Å². The summed E-state index contributed by atoms with van der Waals surface area (Å²) in [6, 6.07) is 13.0. The van der Waals surface area contributed by atoms with E-state index in [4.69, 9.17) is 19.2 Å². The number of nitrogens with one attached hydrogen (secondary N) is 1. The molecule has 42 heavy (non-hydrogen) atoms. The summed E-state index contributed by atoms with van der Waals surface area (Å²) in [6.45, 7) is 13.9. The van der Waals surface area contributed by atoms with Crippen LogP contribution in [0.15, 0.2) is 36.4 Å². The average molecular weight is 578 g/mol. The monoisotopic (exact) mass is 577 g/mol. The van der Waals surface area contributed by atoms with Gasteiger partial charge in [-0.2, -0.15) is 0 Å². The number of hydrogen-bond donors (Lipinski definition) is 1. The molecule has 5 rings (SSSR count). The minimum atomic E-state index is -0.508. The Morgan fingerprint density at radius 2 is 1.93 bits per heavy atom. The van der Waals surface area contributed by atoms with Gasteiger partial charge in [0.05, 0.1) is 42.8 Å². The van der Waals surface area contributed by atoms with Crippen LogP contribution in [0.4, 0.5) is 5.69 Å². The first-order chi connectivity index (χ1) is 20.1. The first-order valence-corrected chi connectivity index (χ1v) is 16.1. The number of anilines is 1. The Balaban J connectivity index is 1.25. The molecule has 230 valence electrons. The predicted molar refractivity (Wildman–Crippen MR) is 167 cm³/mol. The van der Waals surface area contributed by atoms with E-state index < -0.39 is 5.60 Å². The lowest BCUT2D eigenvalue weighted by Crippen LogP contribution is -2.37. The van der Waals surface area contributed by atoms with Gasteiger partial charge in [0.1, 0.15) is 5.60 Å². The Labute approximate surface area is 252 Å². The van der Waals surface area contributed by atoms with Gasteiger partial charge in [0.25, 0.3) is 0 Å². The Bertz CT molecular complexity index is 1200. The van der Waals surface area contributed by atoms with Gasteiger partial charge in [-0.15, -0.1) is 0 Å². The molecule has 0 aliphatic carbocycles. The fourth-order valence-corrected chi connectivity index (χ4v) is 6.59. The summed E-state index contributed by atoms with van der Waals surface area (Å²) in [7, 11) is 0. The Kier molecular flexibility index (Phi) is 9.91. The fraction of sp³-hybridized carbons (Fsp3) is 0.657. The SMILES string of the molecule is CC1(C)CCC(c2ccccc2C2C(OCCCCc3ccc4c(n3)CCCN4)CCN2CC(=O)OC(C)(C)C)OC1. The number of fused-ring (bicyclic) bond motifs is 1. The molecule has 2 aromatic rings. The molecule has 3 aliphatic rings. The molecule has 0 bridgehead atoms. The van der Waals surface area contributed by atoms with Gasteiger partial charge in [0.15, 0.2) is 0 Å². The van der Waals surface area contributed by atoms with Crippen molar-refractivity contribution >= 4 is 11.7 Å². The number of benzene rings is 1. The van der Waals surface area contributed by atoms with E-state index in [2.05, 4.69) is 60.5 Å². The molecule has 7 heteroatoms. The first-order valence-electron chi connectivity index (χ1n) is 16.1. The maximum absolute atomic E-state index is 12.9. The number of pyridine rings is 1. The summed E-state index contributed by atoms with van der Waals surface area (Å²) < 4.78 is 18.8. The summed E-state index contributed by atoms with van der Waals surface area (Å²) in [4.78, 5) is 20.1. The zero-order valence-corrected chi connectivity index (χ0v) is 26.4.